The Bertz CT molecular complexity index is 858. The van der Waals surface area contributed by atoms with Crippen molar-refractivity contribution in [2.24, 2.45) is 4.99 Å². The number of nitrogens with zero attached hydrogens (tertiary/aromatic N) is 1. The molecule has 0 saturated heterocycles. The number of hydrogen-bond acceptors (Lipinski definition) is 3. The van der Waals surface area contributed by atoms with Gasteiger partial charge in [0.1, 0.15) is 5.75 Å². The van der Waals surface area contributed by atoms with Crippen molar-refractivity contribution in [2.75, 3.05) is 20.2 Å². The van der Waals surface area contributed by atoms with Gasteiger partial charge in [-0.3, -0.25) is 9.79 Å². The van der Waals surface area contributed by atoms with Gasteiger partial charge in [-0.2, -0.15) is 0 Å². The van der Waals surface area contributed by atoms with E-state index in [-0.39, 0.29) is 18.6 Å². The Hall–Kier alpha value is -2.44. The second kappa shape index (κ2) is 11.5. The number of benzene rings is 2. The lowest BCUT2D eigenvalue weighted by Crippen LogP contribution is -2.38. The third-order valence-electron chi connectivity index (χ3n) is 4.12. The zero-order chi connectivity index (χ0) is 21.2. The molecule has 0 aliphatic carbocycles. The third kappa shape index (κ3) is 7.48. The van der Waals surface area contributed by atoms with E-state index in [2.05, 4.69) is 20.9 Å². The molecule has 0 radical (unpaired) electrons. The highest BCUT2D eigenvalue weighted by molar-refractivity contribution is 6.42. The minimum Gasteiger partial charge on any atom is -0.484 e. The molecule has 0 aliphatic rings. The summed E-state index contributed by atoms with van der Waals surface area (Å²) in [6, 6.07) is 13.1. The van der Waals surface area contributed by atoms with Crippen LogP contribution in [-0.4, -0.2) is 32.1 Å². The van der Waals surface area contributed by atoms with Gasteiger partial charge >= 0.3 is 0 Å². The number of amides is 1. The van der Waals surface area contributed by atoms with Gasteiger partial charge in [-0.15, -0.1) is 0 Å². The van der Waals surface area contributed by atoms with Crippen molar-refractivity contribution in [1.29, 1.82) is 0 Å². The number of aliphatic imine (C=N–C) groups is 1. The van der Waals surface area contributed by atoms with Crippen LogP contribution in [0.15, 0.2) is 47.5 Å². The SMILES string of the molecule is CCNC(=O)COc1cccc(CNC(=NC)NC(C)c2ccc(Cl)c(Cl)c2)c1. The molecule has 6 nitrogen and oxygen atoms in total. The minimum atomic E-state index is -0.142. The van der Waals surface area contributed by atoms with Crippen LogP contribution >= 0.6 is 23.2 Å². The molecule has 0 saturated carbocycles. The van der Waals surface area contributed by atoms with E-state index >= 15 is 0 Å². The molecule has 8 heteroatoms. The molecule has 0 spiro atoms. The summed E-state index contributed by atoms with van der Waals surface area (Å²) < 4.78 is 5.53. The fourth-order valence-corrected chi connectivity index (χ4v) is 2.90. The maximum atomic E-state index is 11.5. The zero-order valence-electron chi connectivity index (χ0n) is 16.8. The van der Waals surface area contributed by atoms with Gasteiger partial charge in [-0.1, -0.05) is 41.4 Å². The van der Waals surface area contributed by atoms with Crippen LogP contribution < -0.4 is 20.7 Å². The smallest absolute Gasteiger partial charge is 0.257 e. The van der Waals surface area contributed by atoms with Crippen molar-refractivity contribution in [3.63, 3.8) is 0 Å². The summed E-state index contributed by atoms with van der Waals surface area (Å²) in [5, 5.41) is 10.3. The number of guanidine groups is 1. The number of halogens is 2. The van der Waals surface area contributed by atoms with Crippen LogP contribution in [0, 0.1) is 0 Å². The number of rotatable bonds is 8. The minimum absolute atomic E-state index is 0.00485. The van der Waals surface area contributed by atoms with Crippen molar-refractivity contribution in [3.05, 3.63) is 63.6 Å². The van der Waals surface area contributed by atoms with E-state index in [1.807, 2.05) is 50.2 Å². The Morgan fingerprint density at radius 1 is 1.14 bits per heavy atom. The number of likely N-dealkylation sites (N-methyl/N-ethyl adjacent to an activating group) is 1. The second-order valence-corrected chi connectivity index (χ2v) is 7.17. The highest BCUT2D eigenvalue weighted by Gasteiger charge is 2.10. The second-order valence-electron chi connectivity index (χ2n) is 6.35. The highest BCUT2D eigenvalue weighted by Crippen LogP contribution is 2.25. The summed E-state index contributed by atoms with van der Waals surface area (Å²) in [6.07, 6.45) is 0. The number of carbonyl (C=O) groups excluding carboxylic acids is 1. The van der Waals surface area contributed by atoms with Gasteiger partial charge < -0.3 is 20.7 Å². The molecule has 0 aliphatic heterocycles. The van der Waals surface area contributed by atoms with Crippen LogP contribution in [0.2, 0.25) is 10.0 Å². The zero-order valence-corrected chi connectivity index (χ0v) is 18.3. The van der Waals surface area contributed by atoms with Gasteiger partial charge in [0.05, 0.1) is 16.1 Å². The van der Waals surface area contributed by atoms with Gasteiger partial charge in [0.2, 0.25) is 0 Å². The molecule has 0 bridgehead atoms. The largest absolute Gasteiger partial charge is 0.484 e. The molecule has 0 heterocycles. The lowest BCUT2D eigenvalue weighted by Gasteiger charge is -2.19. The first kappa shape index (κ1) is 22.8. The number of ether oxygens (including phenoxy) is 1. The summed E-state index contributed by atoms with van der Waals surface area (Å²) in [5.41, 5.74) is 2.01. The Labute approximate surface area is 181 Å². The monoisotopic (exact) mass is 436 g/mol. The molecular formula is C21H26Cl2N4O2. The normalized spacial score (nSPS) is 12.2. The van der Waals surface area contributed by atoms with Crippen LogP contribution in [-0.2, 0) is 11.3 Å². The summed E-state index contributed by atoms with van der Waals surface area (Å²) in [7, 11) is 1.71. The number of carbonyl (C=O) groups is 1. The van der Waals surface area contributed by atoms with Crippen molar-refractivity contribution in [2.45, 2.75) is 26.4 Å². The van der Waals surface area contributed by atoms with E-state index < -0.39 is 0 Å². The first-order valence-corrected chi connectivity index (χ1v) is 10.1. The molecule has 0 fully saturated rings. The van der Waals surface area contributed by atoms with E-state index in [1.54, 1.807) is 13.1 Å². The molecule has 2 rings (SSSR count). The van der Waals surface area contributed by atoms with E-state index in [0.717, 1.165) is 11.1 Å². The van der Waals surface area contributed by atoms with Crippen LogP contribution in [0.25, 0.3) is 0 Å². The van der Waals surface area contributed by atoms with Crippen molar-refractivity contribution < 1.29 is 9.53 Å². The molecular weight excluding hydrogens is 411 g/mol. The molecule has 2 aromatic rings. The third-order valence-corrected chi connectivity index (χ3v) is 4.86. The fourth-order valence-electron chi connectivity index (χ4n) is 2.59. The van der Waals surface area contributed by atoms with Crippen molar-refractivity contribution in [1.82, 2.24) is 16.0 Å². The van der Waals surface area contributed by atoms with Crippen LogP contribution in [0.1, 0.15) is 31.0 Å². The van der Waals surface area contributed by atoms with Crippen LogP contribution in [0.5, 0.6) is 5.75 Å². The summed E-state index contributed by atoms with van der Waals surface area (Å²) in [4.78, 5) is 15.8. The topological polar surface area (TPSA) is 74.8 Å². The van der Waals surface area contributed by atoms with Gasteiger partial charge in [0.25, 0.3) is 5.91 Å². The number of nitrogens with one attached hydrogen (secondary N) is 3. The molecule has 1 atom stereocenters. The predicted molar refractivity (Wildman–Crippen MR) is 119 cm³/mol. The fraction of sp³-hybridized carbons (Fsp3) is 0.333. The quantitative estimate of drug-likeness (QED) is 0.432. The maximum Gasteiger partial charge on any atom is 0.257 e. The van der Waals surface area contributed by atoms with Gasteiger partial charge in [0.15, 0.2) is 12.6 Å². The van der Waals surface area contributed by atoms with Crippen molar-refractivity contribution in [3.8, 4) is 5.75 Å². The lowest BCUT2D eigenvalue weighted by atomic mass is 10.1. The maximum absolute atomic E-state index is 11.5. The van der Waals surface area contributed by atoms with Gasteiger partial charge in [-0.05, 0) is 49.2 Å². The van der Waals surface area contributed by atoms with Crippen LogP contribution in [0.3, 0.4) is 0 Å². The molecule has 1 unspecified atom stereocenters. The molecule has 0 aromatic heterocycles. The van der Waals surface area contributed by atoms with E-state index in [0.29, 0.717) is 34.8 Å². The van der Waals surface area contributed by atoms with E-state index in [4.69, 9.17) is 27.9 Å². The van der Waals surface area contributed by atoms with E-state index in [9.17, 15) is 4.79 Å². The van der Waals surface area contributed by atoms with Gasteiger partial charge in [0, 0.05) is 20.1 Å². The molecule has 3 N–H and O–H groups in total. The van der Waals surface area contributed by atoms with E-state index in [1.165, 1.54) is 0 Å². The molecule has 29 heavy (non-hydrogen) atoms. The molecule has 1 amide bonds. The first-order chi connectivity index (χ1) is 13.9. The van der Waals surface area contributed by atoms with Crippen molar-refractivity contribution >= 4 is 35.1 Å². The summed E-state index contributed by atoms with van der Waals surface area (Å²) in [5.74, 6) is 1.15. The summed E-state index contributed by atoms with van der Waals surface area (Å²) >= 11 is 12.1. The average molecular weight is 437 g/mol. The Morgan fingerprint density at radius 3 is 2.62 bits per heavy atom. The lowest BCUT2D eigenvalue weighted by molar-refractivity contribution is -0.122. The first-order valence-electron chi connectivity index (χ1n) is 9.33. The Morgan fingerprint density at radius 2 is 1.93 bits per heavy atom. The average Bonchev–Trinajstić information content (AvgIpc) is 2.72. The van der Waals surface area contributed by atoms with Crippen LogP contribution in [0.4, 0.5) is 0 Å². The molecule has 156 valence electrons. The predicted octanol–water partition coefficient (Wildman–Crippen LogP) is 3.93. The number of hydrogen-bond donors (Lipinski definition) is 3. The Kier molecular flexibility index (Phi) is 9.09. The standard InChI is InChI=1S/C21H26Cl2N4O2/c1-4-25-20(28)13-29-17-7-5-6-15(10-17)12-26-21(24-3)27-14(2)16-8-9-18(22)19(23)11-16/h5-11,14H,4,12-13H2,1-3H3,(H,25,28)(H2,24,26,27). The Balaban J connectivity index is 1.91. The summed E-state index contributed by atoms with van der Waals surface area (Å²) in [6.45, 7) is 5.01. The van der Waals surface area contributed by atoms with Gasteiger partial charge in [-0.25, -0.2) is 0 Å². The molecule has 2 aromatic carbocycles. The highest BCUT2D eigenvalue weighted by atomic mass is 35.5.